The van der Waals surface area contributed by atoms with E-state index in [1.807, 2.05) is 30.3 Å². The second-order valence-electron chi connectivity index (χ2n) is 3.79. The minimum Gasteiger partial charge on any atom is -0.482 e. The summed E-state index contributed by atoms with van der Waals surface area (Å²) in [6.07, 6.45) is 1.61. The molecule has 0 fully saturated rings. The lowest BCUT2D eigenvalue weighted by Crippen LogP contribution is -2.32. The number of rotatable bonds is 5. The highest BCUT2D eigenvalue weighted by Crippen LogP contribution is 2.17. The molecule has 1 heterocycles. The van der Waals surface area contributed by atoms with Crippen molar-refractivity contribution in [2.24, 2.45) is 5.73 Å². The summed E-state index contributed by atoms with van der Waals surface area (Å²) >= 11 is 0. The summed E-state index contributed by atoms with van der Waals surface area (Å²) in [4.78, 5) is 15.6. The van der Waals surface area contributed by atoms with Gasteiger partial charge in [-0.05, 0) is 12.1 Å². The van der Waals surface area contributed by atoms with E-state index in [9.17, 15) is 4.79 Å². The molecular formula is C13H15N3O2. The molecule has 5 nitrogen and oxygen atoms in total. The van der Waals surface area contributed by atoms with Crippen LogP contribution in [0, 0.1) is 0 Å². The van der Waals surface area contributed by atoms with Crippen molar-refractivity contribution in [3.63, 3.8) is 0 Å². The van der Waals surface area contributed by atoms with Crippen molar-refractivity contribution in [3.05, 3.63) is 36.5 Å². The Labute approximate surface area is 105 Å². The molecule has 0 aliphatic rings. The van der Waals surface area contributed by atoms with Gasteiger partial charge in [-0.25, -0.2) is 0 Å². The fourth-order valence-corrected chi connectivity index (χ4v) is 1.54. The number of nitrogens with zero attached hydrogens (tertiary/aromatic N) is 1. The van der Waals surface area contributed by atoms with Crippen molar-refractivity contribution in [1.82, 2.24) is 10.3 Å². The molecule has 0 atom stereocenters. The molecule has 3 N–H and O–H groups in total. The van der Waals surface area contributed by atoms with Crippen LogP contribution >= 0.6 is 0 Å². The van der Waals surface area contributed by atoms with Gasteiger partial charge in [0.25, 0.3) is 5.91 Å². The molecule has 0 aliphatic heterocycles. The van der Waals surface area contributed by atoms with Crippen molar-refractivity contribution in [2.75, 3.05) is 19.7 Å². The Morgan fingerprint density at radius 2 is 2.22 bits per heavy atom. The molecule has 0 saturated carbocycles. The third-order valence-corrected chi connectivity index (χ3v) is 2.40. The quantitative estimate of drug-likeness (QED) is 0.812. The van der Waals surface area contributed by atoms with E-state index in [4.69, 9.17) is 10.5 Å². The summed E-state index contributed by atoms with van der Waals surface area (Å²) in [7, 11) is 0. The van der Waals surface area contributed by atoms with Crippen LogP contribution in [0.15, 0.2) is 36.5 Å². The number of pyridine rings is 1. The van der Waals surface area contributed by atoms with Gasteiger partial charge >= 0.3 is 0 Å². The first kappa shape index (κ1) is 12.3. The van der Waals surface area contributed by atoms with E-state index >= 15 is 0 Å². The second kappa shape index (κ2) is 5.97. The van der Waals surface area contributed by atoms with E-state index in [1.54, 1.807) is 6.20 Å². The average molecular weight is 245 g/mol. The molecule has 0 aliphatic carbocycles. The minimum atomic E-state index is -0.186. The third kappa shape index (κ3) is 3.18. The van der Waals surface area contributed by atoms with Gasteiger partial charge in [0.15, 0.2) is 6.61 Å². The van der Waals surface area contributed by atoms with Crippen LogP contribution in [0.5, 0.6) is 5.75 Å². The van der Waals surface area contributed by atoms with Crippen LogP contribution in [0.3, 0.4) is 0 Å². The zero-order valence-electron chi connectivity index (χ0n) is 9.93. The number of nitrogens with two attached hydrogens (primary N) is 1. The highest BCUT2D eigenvalue weighted by atomic mass is 16.5. The maximum Gasteiger partial charge on any atom is 0.257 e. The second-order valence-corrected chi connectivity index (χ2v) is 3.79. The summed E-state index contributed by atoms with van der Waals surface area (Å²) < 4.78 is 5.36. The highest BCUT2D eigenvalue weighted by molar-refractivity contribution is 5.80. The summed E-state index contributed by atoms with van der Waals surface area (Å²) in [5.41, 5.74) is 6.18. The van der Waals surface area contributed by atoms with Crippen LogP contribution in [0.25, 0.3) is 10.9 Å². The first-order chi connectivity index (χ1) is 8.79. The molecule has 1 aromatic carbocycles. The molecule has 1 amide bonds. The van der Waals surface area contributed by atoms with Crippen LogP contribution in [0.1, 0.15) is 0 Å². The van der Waals surface area contributed by atoms with Gasteiger partial charge in [0.1, 0.15) is 5.75 Å². The number of benzene rings is 1. The number of para-hydroxylation sites is 1. The molecule has 18 heavy (non-hydrogen) atoms. The Bertz CT molecular complexity index is 543. The van der Waals surface area contributed by atoms with Crippen molar-refractivity contribution in [1.29, 1.82) is 0 Å². The zero-order valence-corrected chi connectivity index (χ0v) is 9.93. The summed E-state index contributed by atoms with van der Waals surface area (Å²) in [5, 5.41) is 3.61. The molecule has 0 radical (unpaired) electrons. The largest absolute Gasteiger partial charge is 0.482 e. The lowest BCUT2D eigenvalue weighted by atomic mass is 10.2. The Morgan fingerprint density at radius 3 is 3.06 bits per heavy atom. The normalized spacial score (nSPS) is 10.3. The summed E-state index contributed by atoms with van der Waals surface area (Å²) in [6.45, 7) is 0.849. The topological polar surface area (TPSA) is 77.2 Å². The van der Waals surface area contributed by atoms with Gasteiger partial charge in [-0.1, -0.05) is 18.2 Å². The predicted molar refractivity (Wildman–Crippen MR) is 69.3 cm³/mol. The zero-order chi connectivity index (χ0) is 12.8. The number of carbonyl (C=O) groups is 1. The predicted octanol–water partition coefficient (Wildman–Crippen LogP) is 0.689. The van der Waals surface area contributed by atoms with Crippen LogP contribution in [-0.4, -0.2) is 30.6 Å². The average Bonchev–Trinajstić information content (AvgIpc) is 2.42. The molecule has 5 heteroatoms. The number of aromatic nitrogens is 1. The maximum atomic E-state index is 11.3. The van der Waals surface area contributed by atoms with E-state index in [0.717, 1.165) is 10.9 Å². The lowest BCUT2D eigenvalue weighted by Gasteiger charge is -2.07. The van der Waals surface area contributed by atoms with Gasteiger partial charge in [0, 0.05) is 18.5 Å². The van der Waals surface area contributed by atoms with Gasteiger partial charge in [-0.3, -0.25) is 9.78 Å². The molecule has 0 spiro atoms. The number of amides is 1. The Balaban J connectivity index is 1.97. The maximum absolute atomic E-state index is 11.3. The van der Waals surface area contributed by atoms with Crippen molar-refractivity contribution >= 4 is 16.8 Å². The van der Waals surface area contributed by atoms with Gasteiger partial charge < -0.3 is 15.8 Å². The molecular weight excluding hydrogens is 230 g/mol. The minimum absolute atomic E-state index is 0.0278. The first-order valence-corrected chi connectivity index (χ1v) is 5.74. The lowest BCUT2D eigenvalue weighted by molar-refractivity contribution is -0.123. The highest BCUT2D eigenvalue weighted by Gasteiger charge is 2.02. The fraction of sp³-hybridized carbons (Fsp3) is 0.231. The SMILES string of the molecule is NCCNC(=O)COc1cnc2ccccc2c1. The van der Waals surface area contributed by atoms with Gasteiger partial charge in [0.2, 0.25) is 0 Å². The van der Waals surface area contributed by atoms with Crippen molar-refractivity contribution in [3.8, 4) is 5.75 Å². The number of ether oxygens (including phenoxy) is 1. The molecule has 0 bridgehead atoms. The van der Waals surface area contributed by atoms with E-state index in [2.05, 4.69) is 10.3 Å². The van der Waals surface area contributed by atoms with E-state index in [-0.39, 0.29) is 12.5 Å². The Hall–Kier alpha value is -2.14. The smallest absolute Gasteiger partial charge is 0.257 e. The summed E-state index contributed by atoms with van der Waals surface area (Å²) in [6, 6.07) is 9.59. The standard InChI is InChI=1S/C13H15N3O2/c14-5-6-15-13(17)9-18-11-7-10-3-1-2-4-12(10)16-8-11/h1-4,7-8H,5-6,9,14H2,(H,15,17). The molecule has 2 rings (SSSR count). The number of carbonyl (C=O) groups excluding carboxylic acids is 1. The molecule has 2 aromatic rings. The van der Waals surface area contributed by atoms with Crippen LogP contribution in [0.4, 0.5) is 0 Å². The van der Waals surface area contributed by atoms with Crippen LogP contribution < -0.4 is 15.8 Å². The van der Waals surface area contributed by atoms with E-state index in [0.29, 0.717) is 18.8 Å². The fourth-order valence-electron chi connectivity index (χ4n) is 1.54. The van der Waals surface area contributed by atoms with Crippen molar-refractivity contribution < 1.29 is 9.53 Å². The molecule has 94 valence electrons. The molecule has 0 saturated heterocycles. The molecule has 0 unspecified atom stereocenters. The van der Waals surface area contributed by atoms with E-state index in [1.165, 1.54) is 0 Å². The first-order valence-electron chi connectivity index (χ1n) is 5.74. The molecule has 1 aromatic heterocycles. The third-order valence-electron chi connectivity index (χ3n) is 2.40. The van der Waals surface area contributed by atoms with Crippen LogP contribution in [-0.2, 0) is 4.79 Å². The van der Waals surface area contributed by atoms with Gasteiger partial charge in [-0.15, -0.1) is 0 Å². The Morgan fingerprint density at radius 1 is 1.39 bits per heavy atom. The van der Waals surface area contributed by atoms with Crippen LogP contribution in [0.2, 0.25) is 0 Å². The number of nitrogens with one attached hydrogen (secondary N) is 1. The monoisotopic (exact) mass is 245 g/mol. The van der Waals surface area contributed by atoms with E-state index < -0.39 is 0 Å². The number of hydrogen-bond donors (Lipinski definition) is 2. The number of fused-ring (bicyclic) bond motifs is 1. The number of hydrogen-bond acceptors (Lipinski definition) is 4. The van der Waals surface area contributed by atoms with Gasteiger partial charge in [-0.2, -0.15) is 0 Å². The Kier molecular flexibility index (Phi) is 4.09. The van der Waals surface area contributed by atoms with Crippen molar-refractivity contribution in [2.45, 2.75) is 0 Å². The summed E-state index contributed by atoms with van der Waals surface area (Å²) in [5.74, 6) is 0.394. The van der Waals surface area contributed by atoms with Gasteiger partial charge in [0.05, 0.1) is 11.7 Å².